The minimum absolute atomic E-state index is 0.497. The highest BCUT2D eigenvalue weighted by Crippen LogP contribution is 2.30. The summed E-state index contributed by atoms with van der Waals surface area (Å²) >= 11 is 0. The second kappa shape index (κ2) is 9.52. The van der Waals surface area contributed by atoms with Crippen LogP contribution in [0.25, 0.3) is 10.9 Å². The molecule has 170 valence electrons. The van der Waals surface area contributed by atoms with E-state index in [0.717, 1.165) is 57.9 Å². The molecule has 6 nitrogen and oxygen atoms in total. The van der Waals surface area contributed by atoms with Crippen LogP contribution in [-0.2, 0) is 4.74 Å². The van der Waals surface area contributed by atoms with Gasteiger partial charge in [0.1, 0.15) is 23.6 Å². The smallest absolute Gasteiger partial charge is 0.141 e. The largest absolute Gasteiger partial charge is 0.457 e. The number of hydrogen-bond acceptors (Lipinski definition) is 6. The third-order valence-electron chi connectivity index (χ3n) is 5.88. The average molecular weight is 451 g/mol. The van der Waals surface area contributed by atoms with E-state index in [9.17, 15) is 0 Å². The van der Waals surface area contributed by atoms with Crippen LogP contribution in [0.1, 0.15) is 24.0 Å². The summed E-state index contributed by atoms with van der Waals surface area (Å²) in [6.07, 6.45) is 3.05. The Bertz CT molecular complexity index is 1370. The molecule has 5 rings (SSSR count). The number of benzene rings is 3. The predicted octanol–water partition coefficient (Wildman–Crippen LogP) is 5.33. The van der Waals surface area contributed by atoms with Crippen LogP contribution < -0.4 is 15.8 Å². The molecule has 3 N–H and O–H groups in total. The molecule has 1 aliphatic heterocycles. The lowest BCUT2D eigenvalue weighted by molar-refractivity contribution is 0.0705. The lowest BCUT2D eigenvalue weighted by Gasteiger charge is -2.27. The molecule has 1 saturated heterocycles. The van der Waals surface area contributed by atoms with Crippen molar-refractivity contribution in [3.63, 3.8) is 0 Å². The molecule has 0 bridgehead atoms. The lowest BCUT2D eigenvalue weighted by atomic mass is 9.92. The summed E-state index contributed by atoms with van der Waals surface area (Å²) in [7, 11) is 0. The van der Waals surface area contributed by atoms with E-state index in [2.05, 4.69) is 27.1 Å². The molecular formula is C28H26N4O2. The first-order valence-electron chi connectivity index (χ1n) is 11.3. The Morgan fingerprint density at radius 1 is 1.00 bits per heavy atom. The summed E-state index contributed by atoms with van der Waals surface area (Å²) in [5, 5.41) is 4.32. The van der Waals surface area contributed by atoms with Gasteiger partial charge < -0.3 is 20.5 Å². The number of para-hydroxylation sites is 1. The zero-order valence-corrected chi connectivity index (χ0v) is 19.0. The topological polar surface area (TPSA) is 82.3 Å². The zero-order chi connectivity index (χ0) is 23.4. The van der Waals surface area contributed by atoms with Gasteiger partial charge in [0.2, 0.25) is 0 Å². The number of rotatable bonds is 4. The Morgan fingerprint density at radius 2 is 1.82 bits per heavy atom. The van der Waals surface area contributed by atoms with Gasteiger partial charge in [-0.2, -0.15) is 0 Å². The van der Waals surface area contributed by atoms with Crippen LogP contribution in [0, 0.1) is 18.8 Å². The number of nitrogens with two attached hydrogens (primary N) is 1. The average Bonchev–Trinajstić information content (AvgIpc) is 2.86. The Labute approximate surface area is 199 Å². The number of fused-ring (bicyclic) bond motifs is 1. The molecule has 3 aromatic carbocycles. The van der Waals surface area contributed by atoms with Crippen molar-refractivity contribution in [2.24, 2.45) is 5.73 Å². The van der Waals surface area contributed by atoms with Crippen LogP contribution in [0.5, 0.6) is 11.5 Å². The highest BCUT2D eigenvalue weighted by molar-refractivity contribution is 5.91. The molecule has 1 aromatic heterocycles. The minimum atomic E-state index is -0.497. The molecule has 0 spiro atoms. The monoisotopic (exact) mass is 450 g/mol. The van der Waals surface area contributed by atoms with Gasteiger partial charge in [0.15, 0.2) is 0 Å². The Morgan fingerprint density at radius 3 is 2.62 bits per heavy atom. The Hall–Kier alpha value is -3.92. The fraction of sp³-hybridized carbons (Fsp3) is 0.214. The van der Waals surface area contributed by atoms with E-state index in [1.165, 1.54) is 0 Å². The molecule has 34 heavy (non-hydrogen) atoms. The number of aromatic nitrogens is 2. The van der Waals surface area contributed by atoms with Crippen molar-refractivity contribution < 1.29 is 9.47 Å². The second-order valence-electron chi connectivity index (χ2n) is 8.49. The first-order valence-corrected chi connectivity index (χ1v) is 11.3. The van der Waals surface area contributed by atoms with Crippen LogP contribution in [0.3, 0.4) is 0 Å². The van der Waals surface area contributed by atoms with Gasteiger partial charge in [-0.3, -0.25) is 0 Å². The van der Waals surface area contributed by atoms with E-state index in [-0.39, 0.29) is 0 Å². The van der Waals surface area contributed by atoms with Gasteiger partial charge in [0.25, 0.3) is 0 Å². The van der Waals surface area contributed by atoms with Crippen molar-refractivity contribution in [1.82, 2.24) is 9.97 Å². The molecule has 1 aliphatic rings. The standard InChI is InChI=1S/C28H26N4O2/c1-20-17-22(8-10-26(20)34-23-5-3-2-4-6-23)32-27-24-18-21(7-9-25(24)30-19-31-27)11-12-28(29)13-15-33-16-14-28/h2-10,17-19H,13-16,29H2,1H3,(H,30,31,32). The fourth-order valence-electron chi connectivity index (χ4n) is 3.89. The first kappa shape index (κ1) is 21.9. The molecule has 0 amide bonds. The van der Waals surface area contributed by atoms with E-state index >= 15 is 0 Å². The predicted molar refractivity (Wildman–Crippen MR) is 134 cm³/mol. The molecule has 1 fully saturated rings. The van der Waals surface area contributed by atoms with Gasteiger partial charge in [0.05, 0.1) is 11.1 Å². The third-order valence-corrected chi connectivity index (χ3v) is 5.88. The Balaban J connectivity index is 1.39. The van der Waals surface area contributed by atoms with Gasteiger partial charge in [-0.05, 0) is 61.0 Å². The van der Waals surface area contributed by atoms with Crippen LogP contribution in [0.4, 0.5) is 11.5 Å². The van der Waals surface area contributed by atoms with Crippen LogP contribution >= 0.6 is 0 Å². The summed E-state index contributed by atoms with van der Waals surface area (Å²) < 4.78 is 11.4. The van der Waals surface area contributed by atoms with Gasteiger partial charge in [0, 0.05) is 42.7 Å². The van der Waals surface area contributed by atoms with Gasteiger partial charge in [-0.15, -0.1) is 0 Å². The summed E-state index contributed by atoms with van der Waals surface area (Å²) in [6, 6.07) is 21.7. The summed E-state index contributed by atoms with van der Waals surface area (Å²) in [5.41, 5.74) is 9.58. The summed E-state index contributed by atoms with van der Waals surface area (Å²) in [4.78, 5) is 8.89. The molecule has 0 aliphatic carbocycles. The molecule has 0 atom stereocenters. The molecule has 6 heteroatoms. The first-order chi connectivity index (χ1) is 16.6. The number of aryl methyl sites for hydroxylation is 1. The van der Waals surface area contributed by atoms with Crippen LogP contribution in [-0.4, -0.2) is 28.7 Å². The normalized spacial score (nSPS) is 14.8. The molecule has 4 aromatic rings. The number of ether oxygens (including phenoxy) is 2. The van der Waals surface area contributed by atoms with Crippen LogP contribution in [0.2, 0.25) is 0 Å². The maximum atomic E-state index is 6.43. The summed E-state index contributed by atoms with van der Waals surface area (Å²) in [6.45, 7) is 3.33. The minimum Gasteiger partial charge on any atom is -0.457 e. The van der Waals surface area contributed by atoms with Crippen molar-refractivity contribution >= 4 is 22.4 Å². The van der Waals surface area contributed by atoms with Crippen molar-refractivity contribution in [3.05, 3.63) is 84.2 Å². The van der Waals surface area contributed by atoms with E-state index < -0.39 is 5.54 Å². The van der Waals surface area contributed by atoms with Crippen molar-refractivity contribution in [1.29, 1.82) is 0 Å². The SMILES string of the molecule is Cc1cc(Nc2ncnc3ccc(C#CC4(N)CCOCC4)cc23)ccc1Oc1ccccc1. The molecule has 0 unspecified atom stereocenters. The van der Waals surface area contributed by atoms with Crippen molar-refractivity contribution in [2.45, 2.75) is 25.3 Å². The number of hydrogen-bond donors (Lipinski definition) is 2. The zero-order valence-electron chi connectivity index (χ0n) is 19.0. The Kier molecular flexibility index (Phi) is 6.13. The molecule has 0 radical (unpaired) electrons. The fourth-order valence-corrected chi connectivity index (χ4v) is 3.89. The molecule has 0 saturated carbocycles. The van der Waals surface area contributed by atoms with E-state index in [0.29, 0.717) is 13.2 Å². The molecular weight excluding hydrogens is 424 g/mol. The second-order valence-corrected chi connectivity index (χ2v) is 8.49. The molecule has 2 heterocycles. The van der Waals surface area contributed by atoms with Crippen molar-refractivity contribution in [3.8, 4) is 23.3 Å². The van der Waals surface area contributed by atoms with Gasteiger partial charge in [-0.1, -0.05) is 30.0 Å². The van der Waals surface area contributed by atoms with E-state index in [4.69, 9.17) is 15.2 Å². The van der Waals surface area contributed by atoms with E-state index in [1.54, 1.807) is 6.33 Å². The lowest BCUT2D eigenvalue weighted by Crippen LogP contribution is -2.43. The number of nitrogens with one attached hydrogen (secondary N) is 1. The van der Waals surface area contributed by atoms with Crippen LogP contribution in [0.15, 0.2) is 73.1 Å². The van der Waals surface area contributed by atoms with Gasteiger partial charge >= 0.3 is 0 Å². The maximum absolute atomic E-state index is 6.43. The number of anilines is 2. The van der Waals surface area contributed by atoms with E-state index in [1.807, 2.05) is 73.7 Å². The quantitative estimate of drug-likeness (QED) is 0.409. The maximum Gasteiger partial charge on any atom is 0.141 e. The number of nitrogens with zero attached hydrogens (tertiary/aromatic N) is 2. The van der Waals surface area contributed by atoms with Gasteiger partial charge in [-0.25, -0.2) is 9.97 Å². The summed E-state index contributed by atoms with van der Waals surface area (Å²) in [5.74, 6) is 8.84. The highest BCUT2D eigenvalue weighted by atomic mass is 16.5. The third kappa shape index (κ3) is 5.01. The van der Waals surface area contributed by atoms with Crippen molar-refractivity contribution in [2.75, 3.05) is 18.5 Å². The highest BCUT2D eigenvalue weighted by Gasteiger charge is 2.25.